The summed E-state index contributed by atoms with van der Waals surface area (Å²) in [5.41, 5.74) is 3.41. The number of rotatable bonds is 10. The van der Waals surface area contributed by atoms with Crippen LogP contribution in [0.4, 0.5) is 0 Å². The van der Waals surface area contributed by atoms with Gasteiger partial charge in [-0.3, -0.25) is 4.79 Å². The Balaban J connectivity index is 1.51. The molecule has 0 spiro atoms. The summed E-state index contributed by atoms with van der Waals surface area (Å²) in [4.78, 5) is 17.8. The van der Waals surface area contributed by atoms with Crippen molar-refractivity contribution < 1.29 is 17.7 Å². The highest BCUT2D eigenvalue weighted by molar-refractivity contribution is 7.89. The summed E-state index contributed by atoms with van der Waals surface area (Å²) >= 11 is 0. The smallest absolute Gasteiger partial charge is 0.241 e. The van der Waals surface area contributed by atoms with Crippen LogP contribution in [0, 0.1) is 6.92 Å². The average Bonchev–Trinajstić information content (AvgIpc) is 3.36. The molecule has 1 amide bonds. The number of aromatic nitrogens is 2. The van der Waals surface area contributed by atoms with Gasteiger partial charge in [-0.15, -0.1) is 0 Å². The Hall–Kier alpha value is -3.82. The van der Waals surface area contributed by atoms with Gasteiger partial charge in [-0.1, -0.05) is 79.2 Å². The quantitative estimate of drug-likeness (QED) is 0.246. The molecule has 1 heterocycles. The first-order chi connectivity index (χ1) is 19.0. The van der Waals surface area contributed by atoms with E-state index in [0.717, 1.165) is 28.7 Å². The molecule has 0 saturated carbocycles. The van der Waals surface area contributed by atoms with Crippen LogP contribution in [-0.2, 0) is 21.4 Å². The van der Waals surface area contributed by atoms with Gasteiger partial charge in [0, 0.05) is 30.1 Å². The topological polar surface area (TPSA) is 114 Å². The Labute approximate surface area is 236 Å². The molecule has 0 aliphatic heterocycles. The van der Waals surface area contributed by atoms with Gasteiger partial charge in [0.25, 0.3) is 0 Å². The van der Waals surface area contributed by atoms with Crippen LogP contribution in [0.5, 0.6) is 0 Å². The minimum absolute atomic E-state index is 0.0623. The van der Waals surface area contributed by atoms with Gasteiger partial charge in [0.15, 0.2) is 0 Å². The summed E-state index contributed by atoms with van der Waals surface area (Å²) in [7, 11) is -3.73. The minimum Gasteiger partial charge on any atom is -0.351 e. The van der Waals surface area contributed by atoms with E-state index in [0.29, 0.717) is 30.2 Å². The van der Waals surface area contributed by atoms with Gasteiger partial charge in [0.1, 0.15) is 0 Å². The lowest BCUT2D eigenvalue weighted by atomic mass is 9.92. The summed E-state index contributed by atoms with van der Waals surface area (Å²) in [5, 5.41) is 7.04. The lowest BCUT2D eigenvalue weighted by Gasteiger charge is -2.22. The first-order valence-electron chi connectivity index (χ1n) is 13.4. The molecule has 9 heteroatoms. The SMILES string of the molecule is CCCC(C(=O)NCc1cccc(-c2noc(C)n2)c1)c1ccc(-c2ccccc2S(=O)(=O)NC(C)(C)C)cc1. The van der Waals surface area contributed by atoms with Crippen molar-refractivity contribution in [3.05, 3.63) is 89.8 Å². The zero-order chi connectivity index (χ0) is 28.9. The maximum Gasteiger partial charge on any atom is 0.241 e. The van der Waals surface area contributed by atoms with Crippen molar-refractivity contribution in [3.8, 4) is 22.5 Å². The molecule has 0 aliphatic rings. The number of nitrogens with zero attached hydrogens (tertiary/aromatic N) is 2. The van der Waals surface area contributed by atoms with Crippen molar-refractivity contribution >= 4 is 15.9 Å². The third-order valence-electron chi connectivity index (χ3n) is 6.31. The maximum absolute atomic E-state index is 13.3. The fourth-order valence-electron chi connectivity index (χ4n) is 4.58. The average molecular weight is 561 g/mol. The molecule has 0 aliphatic carbocycles. The lowest BCUT2D eigenvalue weighted by Crippen LogP contribution is -2.40. The Morgan fingerprint density at radius 2 is 1.70 bits per heavy atom. The van der Waals surface area contributed by atoms with Gasteiger partial charge in [0.2, 0.25) is 27.6 Å². The van der Waals surface area contributed by atoms with Gasteiger partial charge >= 0.3 is 0 Å². The van der Waals surface area contributed by atoms with Crippen molar-refractivity contribution in [2.24, 2.45) is 0 Å². The third-order valence-corrected chi connectivity index (χ3v) is 8.13. The van der Waals surface area contributed by atoms with E-state index in [4.69, 9.17) is 4.52 Å². The first kappa shape index (κ1) is 29.2. The van der Waals surface area contributed by atoms with Crippen molar-refractivity contribution in [2.75, 3.05) is 0 Å². The second-order valence-electron chi connectivity index (χ2n) is 10.9. The molecule has 0 bridgehead atoms. The second-order valence-corrected chi connectivity index (χ2v) is 12.5. The molecule has 0 saturated heterocycles. The van der Waals surface area contributed by atoms with Crippen LogP contribution >= 0.6 is 0 Å². The van der Waals surface area contributed by atoms with E-state index in [1.165, 1.54) is 0 Å². The van der Waals surface area contributed by atoms with Crippen LogP contribution in [0.2, 0.25) is 0 Å². The molecular weight excluding hydrogens is 524 g/mol. The van der Waals surface area contributed by atoms with Crippen molar-refractivity contribution in [1.82, 2.24) is 20.2 Å². The maximum atomic E-state index is 13.3. The molecule has 1 aromatic heterocycles. The molecule has 4 aromatic rings. The summed E-state index contributed by atoms with van der Waals surface area (Å²) in [6.07, 6.45) is 1.53. The number of benzene rings is 3. The van der Waals surface area contributed by atoms with Gasteiger partial charge in [-0.05, 0) is 56.0 Å². The van der Waals surface area contributed by atoms with Crippen molar-refractivity contribution in [1.29, 1.82) is 0 Å². The summed E-state index contributed by atoms with van der Waals surface area (Å²) < 4.78 is 34.0. The number of hydrogen-bond donors (Lipinski definition) is 2. The van der Waals surface area contributed by atoms with E-state index in [2.05, 4.69) is 20.2 Å². The Morgan fingerprint density at radius 3 is 2.35 bits per heavy atom. The lowest BCUT2D eigenvalue weighted by molar-refractivity contribution is -0.122. The minimum atomic E-state index is -3.73. The van der Waals surface area contributed by atoms with Gasteiger partial charge in [-0.2, -0.15) is 4.98 Å². The van der Waals surface area contributed by atoms with E-state index >= 15 is 0 Å². The highest BCUT2D eigenvalue weighted by Gasteiger charge is 2.25. The van der Waals surface area contributed by atoms with Crippen LogP contribution in [0.3, 0.4) is 0 Å². The third kappa shape index (κ3) is 7.22. The standard InChI is InChI=1S/C31H36N4O4S/c1-6-10-27(30(36)32-20-22-11-9-12-25(19-22)29-33-21(2)39-34-29)24-17-15-23(16-18-24)26-13-7-8-14-28(26)40(37,38)35-31(3,4)5/h7-9,11-19,27,35H,6,10,20H2,1-5H3,(H,32,36). The molecule has 40 heavy (non-hydrogen) atoms. The predicted molar refractivity (Wildman–Crippen MR) is 156 cm³/mol. The molecule has 4 rings (SSSR count). The van der Waals surface area contributed by atoms with E-state index in [-0.39, 0.29) is 16.7 Å². The predicted octanol–water partition coefficient (Wildman–Crippen LogP) is 5.99. The number of carbonyl (C=O) groups is 1. The number of aryl methyl sites for hydroxylation is 1. The molecule has 3 aromatic carbocycles. The van der Waals surface area contributed by atoms with E-state index in [1.807, 2.05) is 82.3 Å². The molecule has 210 valence electrons. The van der Waals surface area contributed by atoms with Crippen LogP contribution in [0.25, 0.3) is 22.5 Å². The van der Waals surface area contributed by atoms with E-state index < -0.39 is 15.6 Å². The van der Waals surface area contributed by atoms with Crippen molar-refractivity contribution in [2.45, 2.75) is 70.4 Å². The van der Waals surface area contributed by atoms with Crippen LogP contribution in [0.1, 0.15) is 63.5 Å². The summed E-state index contributed by atoms with van der Waals surface area (Å²) in [5.74, 6) is 0.614. The van der Waals surface area contributed by atoms with Crippen LogP contribution in [0.15, 0.2) is 82.2 Å². The van der Waals surface area contributed by atoms with E-state index in [9.17, 15) is 13.2 Å². The zero-order valence-corrected chi connectivity index (χ0v) is 24.4. The summed E-state index contributed by atoms with van der Waals surface area (Å²) in [6, 6.07) is 22.2. The first-order valence-corrected chi connectivity index (χ1v) is 14.9. The normalized spacial score (nSPS) is 12.7. The van der Waals surface area contributed by atoms with Gasteiger partial charge in [0.05, 0.1) is 10.8 Å². The molecule has 1 unspecified atom stereocenters. The largest absolute Gasteiger partial charge is 0.351 e. The molecule has 0 radical (unpaired) electrons. The molecule has 2 N–H and O–H groups in total. The van der Waals surface area contributed by atoms with Crippen molar-refractivity contribution in [3.63, 3.8) is 0 Å². The van der Waals surface area contributed by atoms with Crippen LogP contribution in [-0.4, -0.2) is 30.0 Å². The number of amides is 1. The Kier molecular flexibility index (Phi) is 8.85. The number of nitrogens with one attached hydrogen (secondary N) is 2. The fourth-order valence-corrected chi connectivity index (χ4v) is 6.23. The monoisotopic (exact) mass is 560 g/mol. The molecule has 8 nitrogen and oxygen atoms in total. The number of hydrogen-bond acceptors (Lipinski definition) is 6. The molecular formula is C31H36N4O4S. The zero-order valence-electron chi connectivity index (χ0n) is 23.6. The second kappa shape index (κ2) is 12.1. The number of sulfonamides is 1. The van der Waals surface area contributed by atoms with Gasteiger partial charge in [-0.25, -0.2) is 13.1 Å². The highest BCUT2D eigenvalue weighted by Crippen LogP contribution is 2.30. The number of carbonyl (C=O) groups excluding carboxylic acids is 1. The van der Waals surface area contributed by atoms with Gasteiger partial charge < -0.3 is 9.84 Å². The summed E-state index contributed by atoms with van der Waals surface area (Å²) in [6.45, 7) is 9.60. The van der Waals surface area contributed by atoms with Crippen LogP contribution < -0.4 is 10.0 Å². The molecule has 1 atom stereocenters. The fraction of sp³-hybridized carbons (Fsp3) is 0.323. The molecule has 0 fully saturated rings. The highest BCUT2D eigenvalue weighted by atomic mass is 32.2. The Morgan fingerprint density at radius 1 is 0.975 bits per heavy atom. The van der Waals surface area contributed by atoms with E-state index in [1.54, 1.807) is 25.1 Å². The Bertz CT molecular complexity index is 1570.